The van der Waals surface area contributed by atoms with Gasteiger partial charge in [0.05, 0.1) is 0 Å². The Hall–Kier alpha value is -1.39. The largest absolute Gasteiger partial charge is 0.480 e. The van der Waals surface area contributed by atoms with Crippen molar-refractivity contribution < 1.29 is 39.9 Å². The zero-order valence-electron chi connectivity index (χ0n) is 10.8. The fourth-order valence-electron chi connectivity index (χ4n) is 1.22. The van der Waals surface area contributed by atoms with Crippen molar-refractivity contribution in [3.05, 3.63) is 18.2 Å². The monoisotopic (exact) mass is 360 g/mol. The Morgan fingerprint density at radius 1 is 1.53 bits per heavy atom. The summed E-state index contributed by atoms with van der Waals surface area (Å²) in [7, 11) is 0. The topological polar surface area (TPSA) is 103 Å². The molecule has 0 aliphatic carbocycles. The molecule has 1 aromatic rings. The van der Waals surface area contributed by atoms with Gasteiger partial charge in [0.25, 0.3) is 0 Å². The van der Waals surface area contributed by atoms with Crippen LogP contribution in [0.25, 0.3) is 0 Å². The van der Waals surface area contributed by atoms with Crippen LogP contribution >= 0.6 is 0 Å². The Labute approximate surface area is 124 Å². The summed E-state index contributed by atoms with van der Waals surface area (Å²) in [5.74, 6) is -1.15. The quantitative estimate of drug-likeness (QED) is 0.760. The molecule has 0 spiro atoms. The van der Waals surface area contributed by atoms with E-state index in [4.69, 9.17) is 9.84 Å². The molecule has 0 aromatic carbocycles. The van der Waals surface area contributed by atoms with Gasteiger partial charge in [-0.25, -0.2) is 9.59 Å². The summed E-state index contributed by atoms with van der Waals surface area (Å²) in [5.41, 5.74) is -0.175. The standard InChI is InChI=1S/C11H17N3O4.Pd/c1-11(2,3)18-10(17)14-8(9(15)16)4-7-5-12-6-13-7;/h5-6,8H,4H2,1-3H3,(H3,12,13,14,15,16,17);/p-1. The third-order valence-corrected chi connectivity index (χ3v) is 1.92. The van der Waals surface area contributed by atoms with Crippen LogP contribution in [0.1, 0.15) is 26.5 Å². The first kappa shape index (κ1) is 17.6. The van der Waals surface area contributed by atoms with E-state index in [1.807, 2.05) is 0 Å². The van der Waals surface area contributed by atoms with Crippen LogP contribution in [-0.4, -0.2) is 33.8 Å². The number of hydrogen-bond acceptors (Lipinski definition) is 4. The predicted molar refractivity (Wildman–Crippen MR) is 62.1 cm³/mol. The van der Waals surface area contributed by atoms with Gasteiger partial charge in [0.2, 0.25) is 0 Å². The second kappa shape index (κ2) is 7.26. The number of nitrogens with zero attached hydrogens (tertiary/aromatic N) is 2. The van der Waals surface area contributed by atoms with Gasteiger partial charge in [0.1, 0.15) is 11.6 Å². The number of alkyl carbamates (subject to hydrolysis) is 1. The van der Waals surface area contributed by atoms with Crippen molar-refractivity contribution in [2.75, 3.05) is 0 Å². The van der Waals surface area contributed by atoms with E-state index >= 15 is 0 Å². The number of nitrogens with one attached hydrogen (secondary N) is 1. The zero-order chi connectivity index (χ0) is 13.8. The Bertz CT molecular complexity index is 414. The summed E-state index contributed by atoms with van der Waals surface area (Å²) in [5, 5.41) is 11.3. The van der Waals surface area contributed by atoms with Crippen molar-refractivity contribution in [2.45, 2.75) is 38.8 Å². The van der Waals surface area contributed by atoms with Gasteiger partial charge in [-0.05, 0) is 27.2 Å². The summed E-state index contributed by atoms with van der Waals surface area (Å²) >= 11 is 0. The van der Waals surface area contributed by atoms with Crippen LogP contribution in [0, 0.1) is 0 Å². The molecule has 0 radical (unpaired) electrons. The number of ether oxygens (including phenoxy) is 1. The number of aromatic nitrogens is 2. The maximum Gasteiger partial charge on any atom is 0.408 e. The maximum atomic E-state index is 11.5. The predicted octanol–water partition coefficient (Wildman–Crippen LogP) is 0.557. The van der Waals surface area contributed by atoms with Crippen molar-refractivity contribution in [1.82, 2.24) is 15.3 Å². The Kier molecular flexibility index (Phi) is 6.73. The smallest absolute Gasteiger partial charge is 0.408 e. The van der Waals surface area contributed by atoms with Crippen molar-refractivity contribution in [2.24, 2.45) is 0 Å². The second-order valence-corrected chi connectivity index (χ2v) is 4.76. The third-order valence-electron chi connectivity index (χ3n) is 1.92. The average molecular weight is 361 g/mol. The summed E-state index contributed by atoms with van der Waals surface area (Å²) in [6.07, 6.45) is 2.07. The van der Waals surface area contributed by atoms with Crippen LogP contribution < -0.4 is 10.3 Å². The van der Waals surface area contributed by atoms with E-state index in [0.29, 0.717) is 5.69 Å². The Morgan fingerprint density at radius 3 is 2.58 bits per heavy atom. The molecule has 0 bridgehead atoms. The molecule has 110 valence electrons. The number of aliphatic carboxylic acids is 1. The number of hydrogen-bond donors (Lipinski definition) is 2. The van der Waals surface area contributed by atoms with Crippen molar-refractivity contribution in [1.29, 1.82) is 0 Å². The molecule has 1 heterocycles. The van der Waals surface area contributed by atoms with E-state index in [1.165, 1.54) is 12.5 Å². The van der Waals surface area contributed by atoms with Gasteiger partial charge in [-0.15, -0.1) is 0 Å². The summed E-state index contributed by atoms with van der Waals surface area (Å²) in [6.45, 7) is 5.10. The first-order chi connectivity index (χ1) is 8.28. The van der Waals surface area contributed by atoms with E-state index in [9.17, 15) is 9.59 Å². The Balaban J connectivity index is 0.00000324. The van der Waals surface area contributed by atoms with Crippen LogP contribution in [0.4, 0.5) is 4.79 Å². The number of imidazole rings is 1. The molecule has 1 atom stereocenters. The van der Waals surface area contributed by atoms with Crippen molar-refractivity contribution in [3.63, 3.8) is 0 Å². The van der Waals surface area contributed by atoms with Gasteiger partial charge in [-0.2, -0.15) is 0 Å². The SMILES string of the molecule is CC(C)(C)OC(=O)NC(Cc1c[n-]cn1)C(=O)O.[Pd]. The number of carboxylic acid groups (broad SMARTS) is 1. The molecule has 19 heavy (non-hydrogen) atoms. The van der Waals surface area contributed by atoms with Gasteiger partial charge in [-0.1, -0.05) is 18.2 Å². The van der Waals surface area contributed by atoms with Crippen LogP contribution in [0.2, 0.25) is 0 Å². The van der Waals surface area contributed by atoms with Crippen LogP contribution in [0.3, 0.4) is 0 Å². The van der Waals surface area contributed by atoms with E-state index < -0.39 is 23.7 Å². The minimum absolute atomic E-state index is 0. The molecule has 1 amide bonds. The molecule has 1 rings (SSSR count). The average Bonchev–Trinajstić information content (AvgIpc) is 2.66. The molecule has 7 nitrogen and oxygen atoms in total. The normalized spacial score (nSPS) is 12.2. The molecule has 1 unspecified atom stereocenters. The summed E-state index contributed by atoms with van der Waals surface area (Å²) in [6, 6.07) is -1.09. The zero-order valence-corrected chi connectivity index (χ0v) is 12.4. The van der Waals surface area contributed by atoms with Gasteiger partial charge in [0.15, 0.2) is 0 Å². The minimum Gasteiger partial charge on any atom is -0.480 e. The molecule has 1 aromatic heterocycles. The number of rotatable bonds is 4. The van der Waals surface area contributed by atoms with E-state index in [-0.39, 0.29) is 26.8 Å². The molecule has 0 aliphatic heterocycles. The summed E-state index contributed by atoms with van der Waals surface area (Å²) < 4.78 is 4.99. The number of carboxylic acids is 1. The van der Waals surface area contributed by atoms with Gasteiger partial charge < -0.3 is 25.1 Å². The molecule has 2 N–H and O–H groups in total. The first-order valence-electron chi connectivity index (χ1n) is 5.42. The van der Waals surface area contributed by atoms with Crippen molar-refractivity contribution in [3.8, 4) is 0 Å². The van der Waals surface area contributed by atoms with Gasteiger partial charge in [-0.3, -0.25) is 0 Å². The maximum absolute atomic E-state index is 11.5. The fraction of sp³-hybridized carbons (Fsp3) is 0.545. The molecule has 0 saturated carbocycles. The van der Waals surface area contributed by atoms with Crippen LogP contribution in [0.15, 0.2) is 12.5 Å². The first-order valence-corrected chi connectivity index (χ1v) is 5.42. The molecule has 0 saturated heterocycles. The van der Waals surface area contributed by atoms with Crippen LogP contribution in [-0.2, 0) is 36.4 Å². The van der Waals surface area contributed by atoms with Crippen molar-refractivity contribution >= 4 is 12.1 Å². The van der Waals surface area contributed by atoms with Gasteiger partial charge in [0, 0.05) is 20.4 Å². The number of carbonyl (C=O) groups is 2. The van der Waals surface area contributed by atoms with E-state index in [0.717, 1.165) is 0 Å². The Morgan fingerprint density at radius 2 is 2.16 bits per heavy atom. The molecular formula is C11H16N3O4Pd-. The summed E-state index contributed by atoms with van der Waals surface area (Å²) in [4.78, 5) is 30.1. The molecular weight excluding hydrogens is 345 g/mol. The third kappa shape index (κ3) is 6.94. The van der Waals surface area contributed by atoms with E-state index in [2.05, 4.69) is 15.3 Å². The number of carbonyl (C=O) groups excluding carboxylic acids is 1. The molecule has 8 heteroatoms. The molecule has 0 aliphatic rings. The number of amides is 1. The molecule has 0 fully saturated rings. The van der Waals surface area contributed by atoms with Crippen LogP contribution in [0.5, 0.6) is 0 Å². The van der Waals surface area contributed by atoms with E-state index in [1.54, 1.807) is 20.8 Å². The van der Waals surface area contributed by atoms with Gasteiger partial charge >= 0.3 is 12.1 Å². The fourth-order valence-corrected chi connectivity index (χ4v) is 1.22. The second-order valence-electron chi connectivity index (χ2n) is 4.76. The minimum atomic E-state index is -1.15.